The van der Waals surface area contributed by atoms with E-state index in [1.165, 1.54) is 0 Å². The van der Waals surface area contributed by atoms with Crippen molar-refractivity contribution in [3.63, 3.8) is 0 Å². The summed E-state index contributed by atoms with van der Waals surface area (Å²) >= 11 is 0. The highest BCUT2D eigenvalue weighted by molar-refractivity contribution is 5.95. The Bertz CT molecular complexity index is 362. The molecular formula is C11H14N2O. The smallest absolute Gasteiger partial charge is 0.254 e. The summed E-state index contributed by atoms with van der Waals surface area (Å²) in [6.45, 7) is 2.93. The molecule has 0 spiro atoms. The number of carbonyl (C=O) groups excluding carboxylic acids is 1. The van der Waals surface area contributed by atoms with Gasteiger partial charge in [0, 0.05) is 23.8 Å². The second-order valence-corrected chi connectivity index (χ2v) is 3.76. The van der Waals surface area contributed by atoms with Crippen LogP contribution in [0.3, 0.4) is 0 Å². The Morgan fingerprint density at radius 2 is 2.36 bits per heavy atom. The van der Waals surface area contributed by atoms with Crippen molar-refractivity contribution in [3.8, 4) is 0 Å². The lowest BCUT2D eigenvalue weighted by Crippen LogP contribution is -2.49. The predicted octanol–water partition coefficient (Wildman–Crippen LogP) is 1.50. The summed E-state index contributed by atoms with van der Waals surface area (Å²) in [6.07, 6.45) is 1.11. The van der Waals surface area contributed by atoms with Gasteiger partial charge in [-0.3, -0.25) is 4.79 Å². The van der Waals surface area contributed by atoms with Gasteiger partial charge in [-0.25, -0.2) is 0 Å². The van der Waals surface area contributed by atoms with Crippen LogP contribution < -0.4 is 5.73 Å². The van der Waals surface area contributed by atoms with Gasteiger partial charge in [0.05, 0.1) is 0 Å². The van der Waals surface area contributed by atoms with E-state index in [0.29, 0.717) is 17.3 Å². The second-order valence-electron chi connectivity index (χ2n) is 3.76. The van der Waals surface area contributed by atoms with Crippen LogP contribution in [-0.2, 0) is 0 Å². The molecule has 1 unspecified atom stereocenters. The molecule has 1 saturated heterocycles. The van der Waals surface area contributed by atoms with Gasteiger partial charge in [0.2, 0.25) is 0 Å². The lowest BCUT2D eigenvalue weighted by atomic mass is 10.0. The van der Waals surface area contributed by atoms with Crippen LogP contribution in [0.15, 0.2) is 24.3 Å². The van der Waals surface area contributed by atoms with Crippen LogP contribution >= 0.6 is 0 Å². The minimum Gasteiger partial charge on any atom is -0.399 e. The lowest BCUT2D eigenvalue weighted by molar-refractivity contribution is 0.0502. The molecule has 0 radical (unpaired) electrons. The van der Waals surface area contributed by atoms with E-state index in [2.05, 4.69) is 6.92 Å². The van der Waals surface area contributed by atoms with E-state index in [1.807, 2.05) is 17.0 Å². The average molecular weight is 190 g/mol. The molecule has 0 bridgehead atoms. The van der Waals surface area contributed by atoms with Gasteiger partial charge in [0.1, 0.15) is 0 Å². The number of nitrogens with zero attached hydrogens (tertiary/aromatic N) is 1. The number of nitrogen functional groups attached to an aromatic ring is 1. The molecule has 74 valence electrons. The molecule has 3 nitrogen and oxygen atoms in total. The highest BCUT2D eigenvalue weighted by atomic mass is 16.2. The third-order valence-corrected chi connectivity index (χ3v) is 2.71. The van der Waals surface area contributed by atoms with Crippen LogP contribution in [-0.4, -0.2) is 23.4 Å². The van der Waals surface area contributed by atoms with Crippen LogP contribution in [0.1, 0.15) is 23.7 Å². The van der Waals surface area contributed by atoms with E-state index >= 15 is 0 Å². The molecule has 1 aromatic rings. The minimum absolute atomic E-state index is 0.0936. The highest BCUT2D eigenvalue weighted by Crippen LogP contribution is 2.20. The molecule has 1 aliphatic rings. The van der Waals surface area contributed by atoms with Crippen molar-refractivity contribution >= 4 is 11.6 Å². The standard InChI is InChI=1S/C11H14N2O/c1-8-5-6-13(8)11(14)9-3-2-4-10(12)7-9/h2-4,7-8H,5-6,12H2,1H3. The summed E-state index contributed by atoms with van der Waals surface area (Å²) in [5.74, 6) is 0.0936. The molecule has 14 heavy (non-hydrogen) atoms. The third kappa shape index (κ3) is 1.45. The molecule has 1 heterocycles. The maximum atomic E-state index is 11.9. The van der Waals surface area contributed by atoms with Crippen molar-refractivity contribution in [1.82, 2.24) is 4.90 Å². The first-order chi connectivity index (χ1) is 6.68. The lowest BCUT2D eigenvalue weighted by Gasteiger charge is -2.38. The van der Waals surface area contributed by atoms with Crippen LogP contribution in [0, 0.1) is 0 Å². The van der Waals surface area contributed by atoms with Gasteiger partial charge in [-0.05, 0) is 31.5 Å². The molecule has 1 aromatic carbocycles. The number of anilines is 1. The van der Waals surface area contributed by atoms with E-state index in [4.69, 9.17) is 5.73 Å². The Morgan fingerprint density at radius 3 is 2.86 bits per heavy atom. The zero-order valence-electron chi connectivity index (χ0n) is 8.23. The van der Waals surface area contributed by atoms with Crippen LogP contribution in [0.5, 0.6) is 0 Å². The van der Waals surface area contributed by atoms with Crippen LogP contribution in [0.4, 0.5) is 5.69 Å². The van der Waals surface area contributed by atoms with E-state index in [-0.39, 0.29) is 5.91 Å². The summed E-state index contributed by atoms with van der Waals surface area (Å²) in [6, 6.07) is 7.52. The number of hydrogen-bond acceptors (Lipinski definition) is 2. The number of nitrogens with two attached hydrogens (primary N) is 1. The van der Waals surface area contributed by atoms with Gasteiger partial charge in [0.25, 0.3) is 5.91 Å². The van der Waals surface area contributed by atoms with Crippen molar-refractivity contribution in [3.05, 3.63) is 29.8 Å². The summed E-state index contributed by atoms with van der Waals surface area (Å²) in [5.41, 5.74) is 6.95. The van der Waals surface area contributed by atoms with Crippen molar-refractivity contribution in [1.29, 1.82) is 0 Å². The first-order valence-corrected chi connectivity index (χ1v) is 4.85. The zero-order chi connectivity index (χ0) is 10.1. The maximum Gasteiger partial charge on any atom is 0.254 e. The fourth-order valence-corrected chi connectivity index (χ4v) is 1.66. The number of hydrogen-bond donors (Lipinski definition) is 1. The van der Waals surface area contributed by atoms with Crippen molar-refractivity contribution < 1.29 is 4.79 Å². The molecule has 1 amide bonds. The number of rotatable bonds is 1. The second kappa shape index (κ2) is 3.33. The monoisotopic (exact) mass is 190 g/mol. The summed E-state index contributed by atoms with van der Waals surface area (Å²) < 4.78 is 0. The van der Waals surface area contributed by atoms with Crippen molar-refractivity contribution in [2.24, 2.45) is 0 Å². The van der Waals surface area contributed by atoms with E-state index in [1.54, 1.807) is 12.1 Å². The molecule has 1 atom stereocenters. The van der Waals surface area contributed by atoms with Crippen LogP contribution in [0.25, 0.3) is 0 Å². The Kier molecular flexibility index (Phi) is 2.15. The molecule has 2 rings (SSSR count). The Balaban J connectivity index is 2.19. The Labute approximate surface area is 83.5 Å². The number of carbonyl (C=O) groups is 1. The normalized spacial score (nSPS) is 20.4. The molecule has 1 aliphatic heterocycles. The molecule has 1 fully saturated rings. The van der Waals surface area contributed by atoms with E-state index in [9.17, 15) is 4.79 Å². The van der Waals surface area contributed by atoms with Gasteiger partial charge in [-0.15, -0.1) is 0 Å². The van der Waals surface area contributed by atoms with E-state index < -0.39 is 0 Å². The molecule has 3 heteroatoms. The minimum atomic E-state index is 0.0936. The average Bonchev–Trinajstić information content (AvgIpc) is 2.15. The van der Waals surface area contributed by atoms with Gasteiger partial charge in [-0.1, -0.05) is 6.07 Å². The fraction of sp³-hybridized carbons (Fsp3) is 0.364. The summed E-state index contributed by atoms with van der Waals surface area (Å²) in [7, 11) is 0. The SMILES string of the molecule is CC1CCN1C(=O)c1cccc(N)c1. The molecule has 0 aromatic heterocycles. The molecule has 2 N–H and O–H groups in total. The van der Waals surface area contributed by atoms with Gasteiger partial charge >= 0.3 is 0 Å². The predicted molar refractivity (Wildman–Crippen MR) is 56.0 cm³/mol. The highest BCUT2D eigenvalue weighted by Gasteiger charge is 2.28. The quantitative estimate of drug-likeness (QED) is 0.682. The first kappa shape index (κ1) is 9.06. The molecular weight excluding hydrogens is 176 g/mol. The zero-order valence-corrected chi connectivity index (χ0v) is 8.23. The number of benzene rings is 1. The van der Waals surface area contributed by atoms with Crippen molar-refractivity contribution in [2.45, 2.75) is 19.4 Å². The fourth-order valence-electron chi connectivity index (χ4n) is 1.66. The summed E-state index contributed by atoms with van der Waals surface area (Å²) in [5, 5.41) is 0. The van der Waals surface area contributed by atoms with Crippen LogP contribution in [0.2, 0.25) is 0 Å². The largest absolute Gasteiger partial charge is 0.399 e. The van der Waals surface area contributed by atoms with Gasteiger partial charge in [-0.2, -0.15) is 0 Å². The number of amides is 1. The molecule has 0 saturated carbocycles. The maximum absolute atomic E-state index is 11.9. The number of likely N-dealkylation sites (tertiary alicyclic amines) is 1. The summed E-state index contributed by atoms with van der Waals surface area (Å²) in [4.78, 5) is 13.7. The first-order valence-electron chi connectivity index (χ1n) is 4.85. The van der Waals surface area contributed by atoms with Gasteiger partial charge in [0.15, 0.2) is 0 Å². The van der Waals surface area contributed by atoms with Gasteiger partial charge < -0.3 is 10.6 Å². The Hall–Kier alpha value is -1.51. The third-order valence-electron chi connectivity index (χ3n) is 2.71. The molecule has 0 aliphatic carbocycles. The Morgan fingerprint density at radius 1 is 1.57 bits per heavy atom. The van der Waals surface area contributed by atoms with Crippen molar-refractivity contribution in [2.75, 3.05) is 12.3 Å². The van der Waals surface area contributed by atoms with E-state index in [0.717, 1.165) is 13.0 Å². The topological polar surface area (TPSA) is 46.3 Å².